The highest BCUT2D eigenvalue weighted by molar-refractivity contribution is 5.88. The highest BCUT2D eigenvalue weighted by atomic mass is 19.1. The Bertz CT molecular complexity index is 413. The predicted molar refractivity (Wildman–Crippen MR) is 56.6 cm³/mol. The molecule has 0 saturated carbocycles. The molecule has 0 aliphatic carbocycles. The van der Waals surface area contributed by atoms with Crippen molar-refractivity contribution in [2.45, 2.75) is 6.92 Å². The van der Waals surface area contributed by atoms with Crippen molar-refractivity contribution in [3.05, 3.63) is 35.2 Å². The van der Waals surface area contributed by atoms with Crippen LogP contribution in [0.2, 0.25) is 0 Å². The Kier molecular flexibility index (Phi) is 3.44. The molecule has 0 spiro atoms. The fourth-order valence-electron chi connectivity index (χ4n) is 1.14. The Morgan fingerprint density at radius 3 is 2.80 bits per heavy atom. The Labute approximate surface area is 87.3 Å². The molecule has 0 heterocycles. The SMILES string of the molecule is COC(=O)C=Cc1cc(F)cc(C)c1N. The number of rotatable bonds is 2. The van der Waals surface area contributed by atoms with Gasteiger partial charge >= 0.3 is 5.97 Å². The van der Waals surface area contributed by atoms with Gasteiger partial charge in [0.05, 0.1) is 7.11 Å². The third-order valence-corrected chi connectivity index (χ3v) is 1.98. The summed E-state index contributed by atoms with van der Waals surface area (Å²) in [5, 5.41) is 0. The number of methoxy groups -OCH3 is 1. The highest BCUT2D eigenvalue weighted by Gasteiger charge is 2.03. The number of esters is 1. The summed E-state index contributed by atoms with van der Waals surface area (Å²) in [6.45, 7) is 1.70. The van der Waals surface area contributed by atoms with Crippen molar-refractivity contribution in [2.24, 2.45) is 0 Å². The van der Waals surface area contributed by atoms with Crippen molar-refractivity contribution in [3.8, 4) is 0 Å². The van der Waals surface area contributed by atoms with Gasteiger partial charge in [-0.25, -0.2) is 9.18 Å². The molecule has 0 atom stereocenters. The number of hydrogen-bond acceptors (Lipinski definition) is 3. The molecule has 0 aliphatic rings. The van der Waals surface area contributed by atoms with E-state index in [4.69, 9.17) is 5.73 Å². The fourth-order valence-corrected chi connectivity index (χ4v) is 1.14. The van der Waals surface area contributed by atoms with Crippen LogP contribution in [0.3, 0.4) is 0 Å². The Morgan fingerprint density at radius 2 is 2.20 bits per heavy atom. The van der Waals surface area contributed by atoms with Gasteiger partial charge in [-0.05, 0) is 30.7 Å². The van der Waals surface area contributed by atoms with Crippen molar-refractivity contribution in [1.29, 1.82) is 0 Å². The van der Waals surface area contributed by atoms with E-state index in [0.29, 0.717) is 16.8 Å². The summed E-state index contributed by atoms with van der Waals surface area (Å²) in [4.78, 5) is 10.8. The summed E-state index contributed by atoms with van der Waals surface area (Å²) in [7, 11) is 1.27. The lowest BCUT2D eigenvalue weighted by Crippen LogP contribution is -1.97. The van der Waals surface area contributed by atoms with Crippen LogP contribution in [0.1, 0.15) is 11.1 Å². The number of carbonyl (C=O) groups is 1. The minimum absolute atomic E-state index is 0.383. The maximum absolute atomic E-state index is 13.0. The van der Waals surface area contributed by atoms with Crippen molar-refractivity contribution in [2.75, 3.05) is 12.8 Å². The van der Waals surface area contributed by atoms with Crippen molar-refractivity contribution in [1.82, 2.24) is 0 Å². The van der Waals surface area contributed by atoms with E-state index >= 15 is 0 Å². The first-order valence-electron chi connectivity index (χ1n) is 4.36. The minimum atomic E-state index is -0.503. The zero-order valence-electron chi connectivity index (χ0n) is 8.58. The van der Waals surface area contributed by atoms with Gasteiger partial charge in [0.15, 0.2) is 0 Å². The van der Waals surface area contributed by atoms with Crippen LogP contribution < -0.4 is 5.73 Å². The quantitative estimate of drug-likeness (QED) is 0.460. The summed E-state index contributed by atoms with van der Waals surface area (Å²) in [5.74, 6) is -0.887. The molecule has 0 amide bonds. The first kappa shape index (κ1) is 11.2. The molecule has 80 valence electrons. The van der Waals surface area contributed by atoms with Crippen LogP contribution in [0.5, 0.6) is 0 Å². The lowest BCUT2D eigenvalue weighted by atomic mass is 10.1. The first-order chi connectivity index (χ1) is 7.04. The molecule has 2 N–H and O–H groups in total. The third kappa shape index (κ3) is 2.80. The van der Waals surface area contributed by atoms with E-state index < -0.39 is 5.97 Å². The largest absolute Gasteiger partial charge is 0.466 e. The van der Waals surface area contributed by atoms with E-state index in [-0.39, 0.29) is 5.82 Å². The molecule has 0 radical (unpaired) electrons. The smallest absolute Gasteiger partial charge is 0.330 e. The van der Waals surface area contributed by atoms with Gasteiger partial charge in [0, 0.05) is 17.3 Å². The lowest BCUT2D eigenvalue weighted by Gasteiger charge is -2.04. The number of anilines is 1. The van der Waals surface area contributed by atoms with E-state index in [0.717, 1.165) is 0 Å². The molecule has 0 aliphatic heterocycles. The molecule has 1 aromatic rings. The van der Waals surface area contributed by atoms with Crippen molar-refractivity contribution < 1.29 is 13.9 Å². The number of halogens is 1. The molecule has 0 bridgehead atoms. The highest BCUT2D eigenvalue weighted by Crippen LogP contribution is 2.20. The number of ether oxygens (including phenoxy) is 1. The van der Waals surface area contributed by atoms with Crippen LogP contribution in [0, 0.1) is 12.7 Å². The van der Waals surface area contributed by atoms with Crippen LogP contribution in [0.4, 0.5) is 10.1 Å². The second-order valence-corrected chi connectivity index (χ2v) is 3.08. The maximum atomic E-state index is 13.0. The van der Waals surface area contributed by atoms with Gasteiger partial charge in [0.2, 0.25) is 0 Å². The first-order valence-corrected chi connectivity index (χ1v) is 4.36. The summed E-state index contributed by atoms with van der Waals surface area (Å²) in [5.41, 5.74) is 7.27. The van der Waals surface area contributed by atoms with Crippen LogP contribution in [0.25, 0.3) is 6.08 Å². The molecule has 4 heteroatoms. The molecule has 1 rings (SSSR count). The predicted octanol–water partition coefficient (Wildman–Crippen LogP) is 1.90. The normalized spacial score (nSPS) is 10.6. The van der Waals surface area contributed by atoms with E-state index in [2.05, 4.69) is 4.74 Å². The summed E-state index contributed by atoms with van der Waals surface area (Å²) in [6.07, 6.45) is 2.63. The molecule has 0 aromatic heterocycles. The summed E-state index contributed by atoms with van der Waals surface area (Å²) < 4.78 is 17.4. The molecule has 15 heavy (non-hydrogen) atoms. The number of benzene rings is 1. The maximum Gasteiger partial charge on any atom is 0.330 e. The number of hydrogen-bond donors (Lipinski definition) is 1. The van der Waals surface area contributed by atoms with E-state index in [1.807, 2.05) is 0 Å². The van der Waals surface area contributed by atoms with E-state index in [1.165, 1.54) is 31.4 Å². The molecule has 0 unspecified atom stereocenters. The Hall–Kier alpha value is -1.84. The van der Waals surface area contributed by atoms with E-state index in [9.17, 15) is 9.18 Å². The fraction of sp³-hybridized carbons (Fsp3) is 0.182. The minimum Gasteiger partial charge on any atom is -0.466 e. The summed E-state index contributed by atoms with van der Waals surface area (Å²) in [6, 6.07) is 2.60. The third-order valence-electron chi connectivity index (χ3n) is 1.98. The lowest BCUT2D eigenvalue weighted by molar-refractivity contribution is -0.134. The van der Waals surface area contributed by atoms with Gasteiger partial charge in [-0.1, -0.05) is 0 Å². The van der Waals surface area contributed by atoms with Gasteiger partial charge in [-0.2, -0.15) is 0 Å². The van der Waals surface area contributed by atoms with Crippen LogP contribution in [-0.2, 0) is 9.53 Å². The summed E-state index contributed by atoms with van der Waals surface area (Å²) >= 11 is 0. The van der Waals surface area contributed by atoms with Gasteiger partial charge in [-0.15, -0.1) is 0 Å². The molecule has 1 aromatic carbocycles. The molecule has 0 saturated heterocycles. The van der Waals surface area contributed by atoms with E-state index in [1.54, 1.807) is 6.92 Å². The number of nitrogens with two attached hydrogens (primary N) is 1. The molecule has 0 fully saturated rings. The van der Waals surface area contributed by atoms with Crippen molar-refractivity contribution in [3.63, 3.8) is 0 Å². The van der Waals surface area contributed by atoms with Crippen LogP contribution in [0.15, 0.2) is 18.2 Å². The number of carbonyl (C=O) groups excluding carboxylic acids is 1. The zero-order valence-corrected chi connectivity index (χ0v) is 8.58. The molecular formula is C11H12FNO2. The van der Waals surface area contributed by atoms with Crippen LogP contribution in [-0.4, -0.2) is 13.1 Å². The monoisotopic (exact) mass is 209 g/mol. The Balaban J connectivity index is 3.04. The number of nitrogen functional groups attached to an aromatic ring is 1. The average molecular weight is 209 g/mol. The average Bonchev–Trinajstić information content (AvgIpc) is 2.20. The molecular weight excluding hydrogens is 197 g/mol. The standard InChI is InChI=1S/C11H12FNO2/c1-7-5-9(12)6-8(11(7)13)3-4-10(14)15-2/h3-6H,13H2,1-2H3. The van der Waals surface area contributed by atoms with Gasteiger partial charge in [0.1, 0.15) is 5.82 Å². The van der Waals surface area contributed by atoms with Gasteiger partial charge in [-0.3, -0.25) is 0 Å². The second kappa shape index (κ2) is 4.59. The molecule has 3 nitrogen and oxygen atoms in total. The topological polar surface area (TPSA) is 52.3 Å². The zero-order chi connectivity index (χ0) is 11.4. The van der Waals surface area contributed by atoms with Crippen LogP contribution >= 0.6 is 0 Å². The van der Waals surface area contributed by atoms with Crippen molar-refractivity contribution >= 4 is 17.7 Å². The number of aryl methyl sites for hydroxylation is 1. The van der Waals surface area contributed by atoms with Gasteiger partial charge in [0.25, 0.3) is 0 Å². The second-order valence-electron chi connectivity index (χ2n) is 3.08. The van der Waals surface area contributed by atoms with Gasteiger partial charge < -0.3 is 10.5 Å². The Morgan fingerprint density at radius 1 is 1.53 bits per heavy atom.